The van der Waals surface area contributed by atoms with Crippen LogP contribution in [-0.4, -0.2) is 46.9 Å². The molecule has 0 radical (unpaired) electrons. The Bertz CT molecular complexity index is 1680. The van der Waals surface area contributed by atoms with Gasteiger partial charge in [-0.2, -0.15) is 0 Å². The Hall–Kier alpha value is -4.37. The summed E-state index contributed by atoms with van der Waals surface area (Å²) < 4.78 is 6.31. The van der Waals surface area contributed by atoms with Crippen LogP contribution in [0.25, 0.3) is 28.2 Å². The second kappa shape index (κ2) is 12.2. The summed E-state index contributed by atoms with van der Waals surface area (Å²) >= 11 is 0. The summed E-state index contributed by atoms with van der Waals surface area (Å²) in [6.07, 6.45) is 11.2. The van der Waals surface area contributed by atoms with Gasteiger partial charge in [-0.3, -0.25) is 9.59 Å². The van der Waals surface area contributed by atoms with E-state index in [2.05, 4.69) is 30.5 Å². The molecule has 216 valence electrons. The van der Waals surface area contributed by atoms with E-state index in [9.17, 15) is 9.59 Å². The van der Waals surface area contributed by atoms with Gasteiger partial charge in [0.05, 0.1) is 11.1 Å². The number of pyridine rings is 1. The first kappa shape index (κ1) is 27.8. The molecule has 4 aromatic rings. The molecule has 1 aliphatic heterocycles. The second-order valence-corrected chi connectivity index (χ2v) is 11.2. The van der Waals surface area contributed by atoms with Gasteiger partial charge in [0, 0.05) is 61.3 Å². The zero-order chi connectivity index (χ0) is 29.1. The van der Waals surface area contributed by atoms with Crippen LogP contribution in [0.1, 0.15) is 50.3 Å². The minimum absolute atomic E-state index is 0.0577. The van der Waals surface area contributed by atoms with E-state index < -0.39 is 0 Å². The van der Waals surface area contributed by atoms with Crippen molar-refractivity contribution in [3.63, 3.8) is 0 Å². The minimum atomic E-state index is -0.0577. The summed E-state index contributed by atoms with van der Waals surface area (Å²) in [4.78, 5) is 41.0. The van der Waals surface area contributed by atoms with Crippen molar-refractivity contribution in [3.05, 3.63) is 75.8 Å². The molecule has 4 heterocycles. The summed E-state index contributed by atoms with van der Waals surface area (Å²) in [5, 5.41) is 7.05. The van der Waals surface area contributed by atoms with Gasteiger partial charge in [0.15, 0.2) is 17.1 Å². The number of para-hydroxylation sites is 1. The number of Topliss-reactive ketones (excluding diaryl/α,β-unsaturated/α-hetero) is 1. The molecular formula is C33H36N6O3. The summed E-state index contributed by atoms with van der Waals surface area (Å²) in [7, 11) is 0. The monoisotopic (exact) mass is 564 g/mol. The highest BCUT2D eigenvalue weighted by Gasteiger charge is 2.19. The molecule has 9 nitrogen and oxygen atoms in total. The number of aryl methyl sites for hydroxylation is 1. The first-order valence-corrected chi connectivity index (χ1v) is 14.8. The molecular weight excluding hydrogens is 528 g/mol. The van der Waals surface area contributed by atoms with Gasteiger partial charge in [-0.1, -0.05) is 37.8 Å². The SMILES string of the molecule is CC(=O)/C(=C/c1cnc(Nc2ccc(-c3cccc4c(=O)cc(N5CCNCC5)oc34)cn2)nc1C)CC1CCCC1. The van der Waals surface area contributed by atoms with Crippen molar-refractivity contribution in [1.82, 2.24) is 20.3 Å². The first-order chi connectivity index (χ1) is 20.4. The lowest BCUT2D eigenvalue weighted by molar-refractivity contribution is -0.113. The smallest absolute Gasteiger partial charge is 0.228 e. The van der Waals surface area contributed by atoms with E-state index in [-0.39, 0.29) is 11.2 Å². The summed E-state index contributed by atoms with van der Waals surface area (Å²) in [5.41, 5.74) is 4.63. The molecule has 42 heavy (non-hydrogen) atoms. The van der Waals surface area contributed by atoms with Crippen LogP contribution in [0, 0.1) is 12.8 Å². The zero-order valence-electron chi connectivity index (χ0n) is 24.2. The topological polar surface area (TPSA) is 113 Å². The lowest BCUT2D eigenvalue weighted by Gasteiger charge is -2.27. The third kappa shape index (κ3) is 6.11. The van der Waals surface area contributed by atoms with Gasteiger partial charge in [0.1, 0.15) is 11.4 Å². The molecule has 1 saturated heterocycles. The van der Waals surface area contributed by atoms with Gasteiger partial charge in [0.25, 0.3) is 0 Å². The number of piperazine rings is 1. The quantitative estimate of drug-likeness (QED) is 0.262. The fourth-order valence-corrected chi connectivity index (χ4v) is 5.87. The van der Waals surface area contributed by atoms with Crippen molar-refractivity contribution in [1.29, 1.82) is 0 Å². The Morgan fingerprint density at radius 3 is 2.64 bits per heavy atom. The lowest BCUT2D eigenvalue weighted by Crippen LogP contribution is -2.43. The van der Waals surface area contributed by atoms with Crippen LogP contribution in [-0.2, 0) is 4.79 Å². The predicted molar refractivity (Wildman–Crippen MR) is 166 cm³/mol. The van der Waals surface area contributed by atoms with Crippen LogP contribution in [0.5, 0.6) is 0 Å². The molecule has 0 unspecified atom stereocenters. The number of allylic oxidation sites excluding steroid dienone is 1. The van der Waals surface area contributed by atoms with Gasteiger partial charge in [0.2, 0.25) is 5.95 Å². The maximum Gasteiger partial charge on any atom is 0.228 e. The Morgan fingerprint density at radius 2 is 1.93 bits per heavy atom. The highest BCUT2D eigenvalue weighted by molar-refractivity contribution is 5.98. The minimum Gasteiger partial charge on any atom is -0.440 e. The zero-order valence-corrected chi connectivity index (χ0v) is 24.2. The number of ketones is 1. The van der Waals surface area contributed by atoms with Gasteiger partial charge >= 0.3 is 0 Å². The van der Waals surface area contributed by atoms with Crippen LogP contribution in [0.3, 0.4) is 0 Å². The number of benzene rings is 1. The maximum atomic E-state index is 12.9. The fourth-order valence-electron chi connectivity index (χ4n) is 5.87. The van der Waals surface area contributed by atoms with Gasteiger partial charge in [-0.25, -0.2) is 15.0 Å². The van der Waals surface area contributed by atoms with Crippen molar-refractivity contribution in [3.8, 4) is 11.1 Å². The van der Waals surface area contributed by atoms with Crippen LogP contribution in [0.4, 0.5) is 17.7 Å². The fraction of sp³-hybridized carbons (Fsp3) is 0.364. The number of nitrogens with one attached hydrogen (secondary N) is 2. The lowest BCUT2D eigenvalue weighted by atomic mass is 9.94. The van der Waals surface area contributed by atoms with Crippen molar-refractivity contribution < 1.29 is 9.21 Å². The van der Waals surface area contributed by atoms with Gasteiger partial charge < -0.3 is 20.0 Å². The molecule has 0 atom stereocenters. The molecule has 2 N–H and O–H groups in total. The largest absolute Gasteiger partial charge is 0.440 e. The molecule has 1 saturated carbocycles. The Kier molecular flexibility index (Phi) is 8.10. The maximum absolute atomic E-state index is 12.9. The van der Waals surface area contributed by atoms with Crippen molar-refractivity contribution in [2.45, 2.75) is 46.0 Å². The van der Waals surface area contributed by atoms with E-state index >= 15 is 0 Å². The van der Waals surface area contributed by atoms with Crippen molar-refractivity contribution in [2.75, 3.05) is 36.4 Å². The summed E-state index contributed by atoms with van der Waals surface area (Å²) in [6, 6.07) is 11.0. The van der Waals surface area contributed by atoms with E-state index in [0.717, 1.165) is 60.6 Å². The average Bonchev–Trinajstić information content (AvgIpc) is 3.52. The predicted octanol–water partition coefficient (Wildman–Crippen LogP) is 5.66. The molecule has 0 amide bonds. The second-order valence-electron chi connectivity index (χ2n) is 11.2. The normalized spacial score (nSPS) is 16.2. The Labute approximate surface area is 245 Å². The number of hydrogen-bond acceptors (Lipinski definition) is 9. The van der Waals surface area contributed by atoms with E-state index in [1.165, 1.54) is 25.7 Å². The molecule has 2 aliphatic rings. The van der Waals surface area contributed by atoms with Crippen LogP contribution in [0.2, 0.25) is 0 Å². The molecule has 3 aromatic heterocycles. The third-order valence-corrected chi connectivity index (χ3v) is 8.27. The standard InChI is InChI=1S/C33H36N6O3/c1-21-26(17-25(22(2)40)16-23-6-3-4-7-23)20-36-33(37-21)38-30-11-10-24(19-35-30)27-8-5-9-28-29(41)18-31(42-32(27)28)39-14-12-34-13-15-39/h5,8-11,17-20,23,34H,3-4,6-7,12-16H2,1-2H3,(H,35,36,37,38)/b25-17+. The number of fused-ring (bicyclic) bond motifs is 1. The highest BCUT2D eigenvalue weighted by atomic mass is 16.4. The first-order valence-electron chi connectivity index (χ1n) is 14.8. The number of carbonyl (C=O) groups excluding carboxylic acids is 1. The van der Waals surface area contributed by atoms with Gasteiger partial charge in [-0.15, -0.1) is 0 Å². The number of nitrogens with zero attached hydrogens (tertiary/aromatic N) is 4. The molecule has 6 rings (SSSR count). The molecule has 9 heteroatoms. The molecule has 2 fully saturated rings. The van der Waals surface area contributed by atoms with E-state index in [1.807, 2.05) is 37.3 Å². The van der Waals surface area contributed by atoms with Crippen LogP contribution in [0.15, 0.2) is 63.6 Å². The average molecular weight is 565 g/mol. The number of carbonyl (C=O) groups is 1. The summed E-state index contributed by atoms with van der Waals surface area (Å²) in [6.45, 7) is 6.84. The van der Waals surface area contributed by atoms with Crippen molar-refractivity contribution in [2.24, 2.45) is 5.92 Å². The van der Waals surface area contributed by atoms with Crippen molar-refractivity contribution >= 4 is 40.5 Å². The number of rotatable bonds is 8. The number of hydrogen-bond donors (Lipinski definition) is 2. The molecule has 0 bridgehead atoms. The van der Waals surface area contributed by atoms with E-state index in [1.54, 1.807) is 31.5 Å². The highest BCUT2D eigenvalue weighted by Crippen LogP contribution is 2.32. The van der Waals surface area contributed by atoms with E-state index in [4.69, 9.17) is 4.42 Å². The number of aromatic nitrogens is 3. The van der Waals surface area contributed by atoms with Crippen LogP contribution >= 0.6 is 0 Å². The van der Waals surface area contributed by atoms with Gasteiger partial charge in [-0.05, 0) is 56.0 Å². The van der Waals surface area contributed by atoms with Crippen LogP contribution < -0.4 is 21.0 Å². The Balaban J connectivity index is 1.21. The molecule has 1 aromatic carbocycles. The molecule has 1 aliphatic carbocycles. The van der Waals surface area contributed by atoms with E-state index in [0.29, 0.717) is 34.5 Å². The third-order valence-electron chi connectivity index (χ3n) is 8.27. The summed E-state index contributed by atoms with van der Waals surface area (Å²) in [5.74, 6) is 2.32. The molecule has 0 spiro atoms. The number of anilines is 3. The Morgan fingerprint density at radius 1 is 1.12 bits per heavy atom.